The van der Waals surface area contributed by atoms with Gasteiger partial charge in [0.1, 0.15) is 33.5 Å². The third-order valence-corrected chi connectivity index (χ3v) is 5.97. The number of aliphatic hydroxyl groups excluding tert-OH is 2. The molecule has 0 aliphatic carbocycles. The minimum Gasteiger partial charge on any atom is -0.393 e. The highest BCUT2D eigenvalue weighted by molar-refractivity contribution is 7.16. The normalized spacial score (nSPS) is 12.3. The molecular formula is C18H16F2N2O3S2. The first-order valence-corrected chi connectivity index (χ1v) is 9.74. The van der Waals surface area contributed by atoms with Crippen LogP contribution in [0.15, 0.2) is 23.6 Å². The number of ketones is 1. The van der Waals surface area contributed by atoms with Crippen molar-refractivity contribution in [2.75, 3.05) is 6.61 Å². The molecule has 0 saturated heterocycles. The van der Waals surface area contributed by atoms with Crippen LogP contribution in [0.4, 0.5) is 8.78 Å². The Bertz CT molecular complexity index is 951. The molecule has 0 saturated carbocycles. The zero-order valence-electron chi connectivity index (χ0n) is 14.3. The molecule has 0 amide bonds. The zero-order valence-corrected chi connectivity index (χ0v) is 15.9. The lowest BCUT2D eigenvalue weighted by molar-refractivity contribution is -0.117. The number of Topliss-reactive ketones (excluding diaryl/α,β-unsaturated/α-hetero) is 1. The first-order chi connectivity index (χ1) is 12.9. The van der Waals surface area contributed by atoms with E-state index in [0.717, 1.165) is 17.0 Å². The lowest BCUT2D eigenvalue weighted by Crippen LogP contribution is -2.09. The maximum Gasteiger partial charge on any atom is 0.144 e. The van der Waals surface area contributed by atoms with E-state index in [2.05, 4.69) is 9.97 Å². The van der Waals surface area contributed by atoms with Crippen LogP contribution < -0.4 is 0 Å². The fourth-order valence-electron chi connectivity index (χ4n) is 2.50. The topological polar surface area (TPSA) is 83.3 Å². The summed E-state index contributed by atoms with van der Waals surface area (Å²) in [6.07, 6.45) is -1.40. The number of halogens is 2. The van der Waals surface area contributed by atoms with Gasteiger partial charge in [-0.2, -0.15) is 0 Å². The summed E-state index contributed by atoms with van der Waals surface area (Å²) in [5, 5.41) is 21.4. The zero-order chi connectivity index (χ0) is 19.6. The van der Waals surface area contributed by atoms with E-state index < -0.39 is 24.3 Å². The second-order valence-corrected chi connectivity index (χ2v) is 7.86. The van der Waals surface area contributed by atoms with Gasteiger partial charge in [-0.05, 0) is 19.1 Å². The Morgan fingerprint density at radius 2 is 1.93 bits per heavy atom. The lowest BCUT2D eigenvalue weighted by Gasteiger charge is -2.03. The van der Waals surface area contributed by atoms with Crippen molar-refractivity contribution >= 4 is 28.5 Å². The number of hydrogen-bond acceptors (Lipinski definition) is 7. The Morgan fingerprint density at radius 3 is 2.59 bits per heavy atom. The van der Waals surface area contributed by atoms with Crippen molar-refractivity contribution in [2.24, 2.45) is 0 Å². The molecule has 2 heterocycles. The number of rotatable bonds is 7. The van der Waals surface area contributed by atoms with Gasteiger partial charge < -0.3 is 10.2 Å². The molecule has 1 atom stereocenters. The van der Waals surface area contributed by atoms with Gasteiger partial charge in [0.15, 0.2) is 0 Å². The number of aliphatic hydroxyl groups is 2. The highest BCUT2D eigenvalue weighted by Crippen LogP contribution is 2.33. The van der Waals surface area contributed by atoms with E-state index in [0.29, 0.717) is 21.4 Å². The number of aromatic nitrogens is 2. The number of hydrogen-bond donors (Lipinski definition) is 2. The Balaban J connectivity index is 1.73. The van der Waals surface area contributed by atoms with Crippen LogP contribution in [0.3, 0.4) is 0 Å². The van der Waals surface area contributed by atoms with Crippen LogP contribution in [0.2, 0.25) is 0 Å². The minimum absolute atomic E-state index is 0.0254. The van der Waals surface area contributed by atoms with Crippen LogP contribution in [0.1, 0.15) is 27.4 Å². The van der Waals surface area contributed by atoms with Crippen LogP contribution in [0.5, 0.6) is 0 Å². The summed E-state index contributed by atoms with van der Waals surface area (Å²) in [7, 11) is 0. The molecule has 142 valence electrons. The molecule has 0 radical (unpaired) electrons. The molecule has 3 aromatic rings. The first-order valence-electron chi connectivity index (χ1n) is 8.04. The van der Waals surface area contributed by atoms with Gasteiger partial charge in [-0.25, -0.2) is 18.7 Å². The Morgan fingerprint density at radius 1 is 1.22 bits per heavy atom. The Hall–Kier alpha value is -2.07. The summed E-state index contributed by atoms with van der Waals surface area (Å²) in [6, 6.07) is 3.50. The van der Waals surface area contributed by atoms with E-state index in [4.69, 9.17) is 5.11 Å². The van der Waals surface area contributed by atoms with E-state index >= 15 is 0 Å². The van der Waals surface area contributed by atoms with Crippen LogP contribution >= 0.6 is 22.7 Å². The van der Waals surface area contributed by atoms with Gasteiger partial charge >= 0.3 is 0 Å². The number of nitrogens with zero attached hydrogens (tertiary/aromatic N) is 2. The molecule has 0 aliphatic heterocycles. The fourth-order valence-corrected chi connectivity index (χ4v) is 4.39. The lowest BCUT2D eigenvalue weighted by atomic mass is 10.1. The summed E-state index contributed by atoms with van der Waals surface area (Å²) in [6.45, 7) is 1.35. The van der Waals surface area contributed by atoms with Crippen molar-refractivity contribution in [2.45, 2.75) is 25.9 Å². The highest BCUT2D eigenvalue weighted by atomic mass is 32.1. The van der Waals surface area contributed by atoms with Gasteiger partial charge in [0.2, 0.25) is 0 Å². The minimum atomic E-state index is -1.04. The predicted octanol–water partition coefficient (Wildman–Crippen LogP) is 3.23. The van der Waals surface area contributed by atoms with Gasteiger partial charge in [-0.1, -0.05) is 6.07 Å². The first kappa shape index (κ1) is 19.7. The molecule has 0 aliphatic rings. The number of carbonyl (C=O) groups excluding carboxylic acids is 1. The quantitative estimate of drug-likeness (QED) is 0.625. The summed E-state index contributed by atoms with van der Waals surface area (Å²) < 4.78 is 27.3. The summed E-state index contributed by atoms with van der Waals surface area (Å²) in [5.74, 6) is -1.81. The standard InChI is InChI=1S/C18H16F2N2O3S2/c1-9-17(27-18(21-9)15(25)7-23)14-8-26-16(22-14)6-10(24)5-11-12(19)3-2-4-13(11)20/h2-4,8,15,23,25H,5-7H2,1H3. The average molecular weight is 410 g/mol. The van der Waals surface area contributed by atoms with Crippen LogP contribution in [-0.2, 0) is 17.6 Å². The summed E-state index contributed by atoms with van der Waals surface area (Å²) >= 11 is 2.49. The second kappa shape index (κ2) is 8.30. The predicted molar refractivity (Wildman–Crippen MR) is 98.8 cm³/mol. The van der Waals surface area contributed by atoms with Crippen molar-refractivity contribution in [3.8, 4) is 10.6 Å². The molecular weight excluding hydrogens is 394 g/mol. The van der Waals surface area contributed by atoms with E-state index in [1.807, 2.05) is 0 Å². The van der Waals surface area contributed by atoms with Gasteiger partial charge in [-0.3, -0.25) is 4.79 Å². The molecule has 5 nitrogen and oxygen atoms in total. The Labute approximate surface area is 162 Å². The van der Waals surface area contributed by atoms with E-state index in [-0.39, 0.29) is 24.2 Å². The number of aryl methyl sites for hydroxylation is 1. The monoisotopic (exact) mass is 410 g/mol. The Kier molecular flexibility index (Phi) is 6.05. The van der Waals surface area contributed by atoms with E-state index in [1.165, 1.54) is 28.7 Å². The molecule has 27 heavy (non-hydrogen) atoms. The second-order valence-electron chi connectivity index (χ2n) is 5.88. The maximum absolute atomic E-state index is 13.7. The molecule has 2 aromatic heterocycles. The molecule has 0 bridgehead atoms. The molecule has 1 aromatic carbocycles. The van der Waals surface area contributed by atoms with Crippen LogP contribution in [-0.4, -0.2) is 32.6 Å². The van der Waals surface area contributed by atoms with Crippen LogP contribution in [0, 0.1) is 18.6 Å². The van der Waals surface area contributed by atoms with Crippen molar-refractivity contribution < 1.29 is 23.8 Å². The molecule has 3 rings (SSSR count). The van der Waals surface area contributed by atoms with E-state index in [9.17, 15) is 18.7 Å². The molecule has 9 heteroatoms. The number of thiazole rings is 2. The van der Waals surface area contributed by atoms with Gasteiger partial charge in [0.25, 0.3) is 0 Å². The van der Waals surface area contributed by atoms with Gasteiger partial charge in [0.05, 0.1) is 29.3 Å². The van der Waals surface area contributed by atoms with Crippen molar-refractivity contribution in [3.63, 3.8) is 0 Å². The third-order valence-electron chi connectivity index (χ3n) is 3.84. The molecule has 0 spiro atoms. The molecule has 0 fully saturated rings. The molecule has 1 unspecified atom stereocenters. The number of benzene rings is 1. The van der Waals surface area contributed by atoms with Crippen molar-refractivity contribution in [1.82, 2.24) is 9.97 Å². The van der Waals surface area contributed by atoms with Gasteiger partial charge in [-0.15, -0.1) is 22.7 Å². The maximum atomic E-state index is 13.7. The fraction of sp³-hybridized carbons (Fsp3) is 0.278. The average Bonchev–Trinajstić information content (AvgIpc) is 3.24. The van der Waals surface area contributed by atoms with Crippen molar-refractivity contribution in [1.29, 1.82) is 0 Å². The number of carbonyl (C=O) groups is 1. The summed E-state index contributed by atoms with van der Waals surface area (Å²) in [4.78, 5) is 21.6. The largest absolute Gasteiger partial charge is 0.393 e. The smallest absolute Gasteiger partial charge is 0.144 e. The molecule has 2 N–H and O–H groups in total. The SMILES string of the molecule is Cc1nc(C(O)CO)sc1-c1csc(CC(=O)Cc2c(F)cccc2F)n1. The third kappa shape index (κ3) is 4.44. The van der Waals surface area contributed by atoms with E-state index in [1.54, 1.807) is 12.3 Å². The van der Waals surface area contributed by atoms with Crippen molar-refractivity contribution in [3.05, 3.63) is 56.5 Å². The van der Waals surface area contributed by atoms with Gasteiger partial charge in [0, 0.05) is 17.4 Å². The van der Waals surface area contributed by atoms with Crippen LogP contribution in [0.25, 0.3) is 10.6 Å². The summed E-state index contributed by atoms with van der Waals surface area (Å²) in [5.41, 5.74) is 1.05. The highest BCUT2D eigenvalue weighted by Gasteiger charge is 2.19.